The van der Waals surface area contributed by atoms with Crippen LogP contribution in [0.5, 0.6) is 5.75 Å². The average molecular weight is 387 g/mol. The van der Waals surface area contributed by atoms with Gasteiger partial charge in [0.1, 0.15) is 12.1 Å². The number of ether oxygens (including phenoxy) is 1. The fraction of sp³-hybridized carbons (Fsp3) is 0.143. The summed E-state index contributed by atoms with van der Waals surface area (Å²) in [5.41, 5.74) is 5.10. The van der Waals surface area contributed by atoms with Gasteiger partial charge in [0.2, 0.25) is 11.9 Å². The number of H-pyrrole nitrogens is 1. The van der Waals surface area contributed by atoms with Gasteiger partial charge in [0.25, 0.3) is 0 Å². The van der Waals surface area contributed by atoms with Crippen LogP contribution in [0.25, 0.3) is 11.3 Å². The number of benzene rings is 2. The lowest BCUT2D eigenvalue weighted by Gasteiger charge is -2.10. The third-order valence-electron chi connectivity index (χ3n) is 4.43. The molecule has 4 aromatic rings. The molecule has 0 saturated heterocycles. The van der Waals surface area contributed by atoms with Gasteiger partial charge in [0.05, 0.1) is 12.8 Å². The number of rotatable bonds is 6. The molecule has 0 saturated carbocycles. The monoisotopic (exact) mass is 387 g/mol. The van der Waals surface area contributed by atoms with E-state index in [1.807, 2.05) is 31.2 Å². The third-order valence-corrected chi connectivity index (χ3v) is 4.43. The van der Waals surface area contributed by atoms with Crippen molar-refractivity contribution in [3.63, 3.8) is 0 Å². The lowest BCUT2D eigenvalue weighted by Crippen LogP contribution is -2.03. The maximum atomic E-state index is 5.24. The zero-order valence-corrected chi connectivity index (χ0v) is 16.4. The van der Waals surface area contributed by atoms with Crippen molar-refractivity contribution >= 4 is 23.4 Å². The molecule has 4 rings (SSSR count). The maximum absolute atomic E-state index is 5.24. The molecule has 146 valence electrons. The van der Waals surface area contributed by atoms with Crippen LogP contribution in [0.1, 0.15) is 11.1 Å². The molecule has 0 amide bonds. The van der Waals surface area contributed by atoms with Gasteiger partial charge in [-0.1, -0.05) is 29.8 Å². The summed E-state index contributed by atoms with van der Waals surface area (Å²) in [6.45, 7) is 4.05. The van der Waals surface area contributed by atoms with Crippen molar-refractivity contribution in [2.45, 2.75) is 13.8 Å². The summed E-state index contributed by atoms with van der Waals surface area (Å²) in [7, 11) is 1.64. The van der Waals surface area contributed by atoms with Crippen LogP contribution in [-0.2, 0) is 0 Å². The standard InChI is InChI=1S/C21H21N7O/c1-13-4-6-15(7-5-13)18-11-19(28-27-18)25-21-23-12-22-20(26-21)24-17-9-8-16(29-3)10-14(17)2/h4-12H,1-3H3,(H3,22,23,24,25,26,27,28). The lowest BCUT2D eigenvalue weighted by molar-refractivity contribution is 0.414. The number of aromatic nitrogens is 5. The van der Waals surface area contributed by atoms with Crippen molar-refractivity contribution in [2.24, 2.45) is 0 Å². The molecule has 0 aliphatic carbocycles. The number of hydrogen-bond acceptors (Lipinski definition) is 7. The Kier molecular flexibility index (Phi) is 5.07. The number of anilines is 4. The van der Waals surface area contributed by atoms with Crippen LogP contribution in [0.2, 0.25) is 0 Å². The molecule has 8 heteroatoms. The Morgan fingerprint density at radius 2 is 1.66 bits per heavy atom. The first kappa shape index (κ1) is 18.4. The minimum atomic E-state index is 0.399. The minimum Gasteiger partial charge on any atom is -0.497 e. The average Bonchev–Trinajstić information content (AvgIpc) is 3.19. The summed E-state index contributed by atoms with van der Waals surface area (Å²) in [5, 5.41) is 13.6. The summed E-state index contributed by atoms with van der Waals surface area (Å²) < 4.78 is 5.24. The number of aromatic amines is 1. The SMILES string of the molecule is COc1ccc(Nc2ncnc(Nc3cc(-c4ccc(C)cc4)[nH]n3)n2)c(C)c1. The van der Waals surface area contributed by atoms with E-state index < -0.39 is 0 Å². The Bertz CT molecular complexity index is 1120. The molecular formula is C21H21N7O. The number of aryl methyl sites for hydroxylation is 2. The highest BCUT2D eigenvalue weighted by Gasteiger charge is 2.08. The second kappa shape index (κ2) is 7.97. The summed E-state index contributed by atoms with van der Waals surface area (Å²) in [6, 6.07) is 15.9. The smallest absolute Gasteiger partial charge is 0.233 e. The lowest BCUT2D eigenvalue weighted by atomic mass is 10.1. The van der Waals surface area contributed by atoms with Crippen molar-refractivity contribution in [1.29, 1.82) is 0 Å². The van der Waals surface area contributed by atoms with E-state index in [0.717, 1.165) is 28.3 Å². The zero-order chi connectivity index (χ0) is 20.2. The molecule has 0 aliphatic rings. The quantitative estimate of drug-likeness (QED) is 0.451. The van der Waals surface area contributed by atoms with Gasteiger partial charge in [0.15, 0.2) is 5.82 Å². The van der Waals surface area contributed by atoms with Crippen LogP contribution in [0.4, 0.5) is 23.4 Å². The van der Waals surface area contributed by atoms with Crippen LogP contribution in [0.3, 0.4) is 0 Å². The molecule has 0 unspecified atom stereocenters. The summed E-state index contributed by atoms with van der Waals surface area (Å²) in [4.78, 5) is 12.8. The number of nitrogens with zero attached hydrogens (tertiary/aromatic N) is 4. The van der Waals surface area contributed by atoms with Gasteiger partial charge in [-0.2, -0.15) is 10.1 Å². The van der Waals surface area contributed by atoms with Crippen LogP contribution in [0.15, 0.2) is 54.9 Å². The van der Waals surface area contributed by atoms with Crippen molar-refractivity contribution in [3.05, 3.63) is 66.0 Å². The Morgan fingerprint density at radius 3 is 2.38 bits per heavy atom. The van der Waals surface area contributed by atoms with E-state index in [2.05, 4.69) is 67.0 Å². The van der Waals surface area contributed by atoms with Gasteiger partial charge in [-0.05, 0) is 43.2 Å². The van der Waals surface area contributed by atoms with Crippen LogP contribution < -0.4 is 15.4 Å². The van der Waals surface area contributed by atoms with Crippen molar-refractivity contribution in [3.8, 4) is 17.0 Å². The number of nitrogens with one attached hydrogen (secondary N) is 3. The molecule has 8 nitrogen and oxygen atoms in total. The molecular weight excluding hydrogens is 366 g/mol. The molecule has 0 atom stereocenters. The van der Waals surface area contributed by atoms with E-state index in [9.17, 15) is 0 Å². The molecule has 29 heavy (non-hydrogen) atoms. The topological polar surface area (TPSA) is 101 Å². The second-order valence-electron chi connectivity index (χ2n) is 6.60. The first-order valence-corrected chi connectivity index (χ1v) is 9.11. The van der Waals surface area contributed by atoms with E-state index in [4.69, 9.17) is 4.74 Å². The number of hydrogen-bond donors (Lipinski definition) is 3. The molecule has 2 aromatic heterocycles. The minimum absolute atomic E-state index is 0.399. The predicted octanol–water partition coefficient (Wildman–Crippen LogP) is 4.37. The maximum Gasteiger partial charge on any atom is 0.233 e. The van der Waals surface area contributed by atoms with Gasteiger partial charge in [0, 0.05) is 11.8 Å². The fourth-order valence-corrected chi connectivity index (χ4v) is 2.82. The van der Waals surface area contributed by atoms with E-state index in [-0.39, 0.29) is 0 Å². The first-order chi connectivity index (χ1) is 14.1. The highest BCUT2D eigenvalue weighted by molar-refractivity contribution is 5.65. The molecule has 0 radical (unpaired) electrons. The van der Waals surface area contributed by atoms with Crippen LogP contribution >= 0.6 is 0 Å². The Labute approximate surface area is 168 Å². The van der Waals surface area contributed by atoms with Gasteiger partial charge in [-0.15, -0.1) is 0 Å². The highest BCUT2D eigenvalue weighted by atomic mass is 16.5. The number of methoxy groups -OCH3 is 1. The second-order valence-corrected chi connectivity index (χ2v) is 6.60. The van der Waals surface area contributed by atoms with E-state index >= 15 is 0 Å². The summed E-state index contributed by atoms with van der Waals surface area (Å²) in [5.74, 6) is 2.26. The fourth-order valence-electron chi connectivity index (χ4n) is 2.82. The van der Waals surface area contributed by atoms with Gasteiger partial charge >= 0.3 is 0 Å². The van der Waals surface area contributed by atoms with Crippen molar-refractivity contribution in [1.82, 2.24) is 25.1 Å². The zero-order valence-electron chi connectivity index (χ0n) is 16.4. The molecule has 0 bridgehead atoms. The van der Waals surface area contributed by atoms with Crippen LogP contribution in [-0.4, -0.2) is 32.3 Å². The molecule has 0 fully saturated rings. The van der Waals surface area contributed by atoms with Crippen LogP contribution in [0, 0.1) is 13.8 Å². The Morgan fingerprint density at radius 1 is 0.897 bits per heavy atom. The summed E-state index contributed by atoms with van der Waals surface area (Å²) >= 11 is 0. The molecule has 2 heterocycles. The molecule has 0 aliphatic heterocycles. The van der Waals surface area contributed by atoms with E-state index in [1.165, 1.54) is 11.9 Å². The molecule has 2 aromatic carbocycles. The van der Waals surface area contributed by atoms with Gasteiger partial charge in [-0.25, -0.2) is 9.97 Å². The molecule has 3 N–H and O–H groups in total. The van der Waals surface area contributed by atoms with Crippen molar-refractivity contribution in [2.75, 3.05) is 17.7 Å². The first-order valence-electron chi connectivity index (χ1n) is 9.11. The Balaban J connectivity index is 1.49. The van der Waals surface area contributed by atoms with E-state index in [1.54, 1.807) is 7.11 Å². The third kappa shape index (κ3) is 4.32. The summed E-state index contributed by atoms with van der Waals surface area (Å²) in [6.07, 6.45) is 1.45. The van der Waals surface area contributed by atoms with Crippen molar-refractivity contribution < 1.29 is 4.74 Å². The highest BCUT2D eigenvalue weighted by Crippen LogP contribution is 2.24. The van der Waals surface area contributed by atoms with Gasteiger partial charge in [-0.3, -0.25) is 5.10 Å². The van der Waals surface area contributed by atoms with E-state index in [0.29, 0.717) is 17.7 Å². The normalized spacial score (nSPS) is 10.6. The van der Waals surface area contributed by atoms with Gasteiger partial charge < -0.3 is 15.4 Å². The Hall–Kier alpha value is -3.94. The largest absolute Gasteiger partial charge is 0.497 e. The molecule has 0 spiro atoms. The predicted molar refractivity (Wildman–Crippen MR) is 113 cm³/mol.